The number of nitrogens with zero attached hydrogens (tertiary/aromatic N) is 1. The third-order valence-electron chi connectivity index (χ3n) is 2.97. The highest BCUT2D eigenvalue weighted by Gasteiger charge is 2.09. The highest BCUT2D eigenvalue weighted by atomic mass is 16.7. The van der Waals surface area contributed by atoms with E-state index in [0.717, 1.165) is 0 Å². The van der Waals surface area contributed by atoms with Crippen LogP contribution in [-0.2, 0) is 11.3 Å². The average molecular weight is 315 g/mol. The van der Waals surface area contributed by atoms with E-state index in [1.165, 1.54) is 31.2 Å². The van der Waals surface area contributed by atoms with Crippen molar-refractivity contribution < 1.29 is 24.0 Å². The summed E-state index contributed by atoms with van der Waals surface area (Å²) in [7, 11) is 0. The summed E-state index contributed by atoms with van der Waals surface area (Å²) in [4.78, 5) is 32.7. The van der Waals surface area contributed by atoms with Crippen molar-refractivity contribution in [3.05, 3.63) is 69.8 Å². The molecule has 0 N–H and O–H groups in total. The van der Waals surface area contributed by atoms with E-state index in [1.54, 1.807) is 24.3 Å². The van der Waals surface area contributed by atoms with Gasteiger partial charge in [-0.15, -0.1) is 0 Å². The summed E-state index contributed by atoms with van der Waals surface area (Å²) in [5.41, 5.74) is 1.18. The summed E-state index contributed by atoms with van der Waals surface area (Å²) in [6.07, 6.45) is -0.922. The largest absolute Gasteiger partial charge is 0.514 e. The Hall–Kier alpha value is -3.22. The van der Waals surface area contributed by atoms with Crippen molar-refractivity contribution in [3.8, 4) is 5.75 Å². The van der Waals surface area contributed by atoms with Crippen LogP contribution in [0.2, 0.25) is 0 Å². The number of nitro benzene ring substituents is 1. The van der Waals surface area contributed by atoms with Gasteiger partial charge in [-0.1, -0.05) is 24.3 Å². The van der Waals surface area contributed by atoms with Gasteiger partial charge in [0.1, 0.15) is 12.4 Å². The van der Waals surface area contributed by atoms with Crippen molar-refractivity contribution >= 4 is 17.6 Å². The maximum atomic E-state index is 11.5. The van der Waals surface area contributed by atoms with E-state index in [9.17, 15) is 19.7 Å². The van der Waals surface area contributed by atoms with Gasteiger partial charge in [-0.3, -0.25) is 14.9 Å². The molecule has 0 fully saturated rings. The Labute approximate surface area is 131 Å². The number of ketones is 1. The van der Waals surface area contributed by atoms with E-state index in [0.29, 0.717) is 11.1 Å². The first-order chi connectivity index (χ1) is 11.0. The topological polar surface area (TPSA) is 95.7 Å². The van der Waals surface area contributed by atoms with E-state index in [1.807, 2.05) is 0 Å². The molecule has 7 heteroatoms. The lowest BCUT2D eigenvalue weighted by Crippen LogP contribution is -2.10. The molecule has 0 aliphatic rings. The molecule has 7 nitrogen and oxygen atoms in total. The third kappa shape index (κ3) is 4.63. The van der Waals surface area contributed by atoms with Crippen molar-refractivity contribution in [1.29, 1.82) is 0 Å². The minimum absolute atomic E-state index is 0.00992. The molecule has 0 bridgehead atoms. The zero-order chi connectivity index (χ0) is 16.8. The normalized spacial score (nSPS) is 9.96. The smallest absolute Gasteiger partial charge is 0.429 e. The van der Waals surface area contributed by atoms with Crippen LogP contribution in [0.4, 0.5) is 10.5 Å². The highest BCUT2D eigenvalue weighted by molar-refractivity contribution is 5.94. The van der Waals surface area contributed by atoms with Crippen LogP contribution in [0.5, 0.6) is 5.75 Å². The van der Waals surface area contributed by atoms with Gasteiger partial charge in [-0.25, -0.2) is 4.79 Å². The minimum Gasteiger partial charge on any atom is -0.429 e. The van der Waals surface area contributed by atoms with Crippen LogP contribution in [0.15, 0.2) is 48.5 Å². The SMILES string of the molecule is CC(=O)c1ccc(COC(=O)Oc2ccc([N+](=O)[O-])cc2)cc1. The number of nitro groups is 1. The molecule has 0 atom stereocenters. The highest BCUT2D eigenvalue weighted by Crippen LogP contribution is 2.18. The lowest BCUT2D eigenvalue weighted by atomic mass is 10.1. The maximum absolute atomic E-state index is 11.5. The van der Waals surface area contributed by atoms with E-state index in [-0.39, 0.29) is 23.8 Å². The average Bonchev–Trinajstić information content (AvgIpc) is 2.54. The second kappa shape index (κ2) is 7.17. The molecule has 0 aromatic heterocycles. The summed E-state index contributed by atoms with van der Waals surface area (Å²) >= 11 is 0. The second-order valence-corrected chi connectivity index (χ2v) is 4.64. The predicted molar refractivity (Wildman–Crippen MR) is 80.4 cm³/mol. The Bertz CT molecular complexity index is 721. The number of ether oxygens (including phenoxy) is 2. The molecule has 2 aromatic rings. The van der Waals surface area contributed by atoms with Crippen LogP contribution in [0.3, 0.4) is 0 Å². The van der Waals surface area contributed by atoms with Gasteiger partial charge in [0.05, 0.1) is 4.92 Å². The quantitative estimate of drug-likeness (QED) is 0.275. The van der Waals surface area contributed by atoms with Crippen LogP contribution in [0.25, 0.3) is 0 Å². The van der Waals surface area contributed by atoms with Crippen LogP contribution in [0.1, 0.15) is 22.8 Å². The van der Waals surface area contributed by atoms with Crippen LogP contribution >= 0.6 is 0 Å². The second-order valence-electron chi connectivity index (χ2n) is 4.64. The summed E-state index contributed by atoms with van der Waals surface area (Å²) < 4.78 is 9.83. The lowest BCUT2D eigenvalue weighted by Gasteiger charge is -2.06. The molecule has 0 aliphatic carbocycles. The number of hydrogen-bond acceptors (Lipinski definition) is 6. The molecule has 23 heavy (non-hydrogen) atoms. The first-order valence-electron chi connectivity index (χ1n) is 6.64. The summed E-state index contributed by atoms with van der Waals surface area (Å²) in [6.45, 7) is 1.46. The first kappa shape index (κ1) is 16.2. The van der Waals surface area contributed by atoms with Crippen molar-refractivity contribution in [2.75, 3.05) is 0 Å². The maximum Gasteiger partial charge on any atom is 0.514 e. The van der Waals surface area contributed by atoms with Gasteiger partial charge in [0.15, 0.2) is 5.78 Å². The van der Waals surface area contributed by atoms with Gasteiger partial charge in [0.25, 0.3) is 5.69 Å². The zero-order valence-corrected chi connectivity index (χ0v) is 12.2. The molecular weight excluding hydrogens is 302 g/mol. The monoisotopic (exact) mass is 315 g/mol. The number of hydrogen-bond donors (Lipinski definition) is 0. The Kier molecular flexibility index (Phi) is 5.03. The van der Waals surface area contributed by atoms with Crippen molar-refractivity contribution in [3.63, 3.8) is 0 Å². The van der Waals surface area contributed by atoms with Gasteiger partial charge in [-0.05, 0) is 24.6 Å². The fourth-order valence-corrected chi connectivity index (χ4v) is 1.74. The Morgan fingerprint density at radius 3 is 2.17 bits per heavy atom. The van der Waals surface area contributed by atoms with Gasteiger partial charge < -0.3 is 9.47 Å². The number of carbonyl (C=O) groups excluding carboxylic acids is 2. The van der Waals surface area contributed by atoms with Gasteiger partial charge in [0, 0.05) is 17.7 Å². The first-order valence-corrected chi connectivity index (χ1v) is 6.64. The Morgan fingerprint density at radius 1 is 1.04 bits per heavy atom. The summed E-state index contributed by atoms with van der Waals surface area (Å²) in [5, 5.41) is 10.5. The minimum atomic E-state index is -0.922. The number of carbonyl (C=O) groups is 2. The van der Waals surface area contributed by atoms with E-state index in [2.05, 4.69) is 0 Å². The van der Waals surface area contributed by atoms with Crippen molar-refractivity contribution in [2.24, 2.45) is 0 Å². The van der Waals surface area contributed by atoms with Crippen molar-refractivity contribution in [1.82, 2.24) is 0 Å². The van der Waals surface area contributed by atoms with Crippen molar-refractivity contribution in [2.45, 2.75) is 13.5 Å². The predicted octanol–water partition coefficient (Wildman–Crippen LogP) is 3.51. The van der Waals surface area contributed by atoms with Crippen LogP contribution in [-0.4, -0.2) is 16.9 Å². The molecule has 0 unspecified atom stereocenters. The molecule has 0 saturated heterocycles. The van der Waals surface area contributed by atoms with E-state index >= 15 is 0 Å². The van der Waals surface area contributed by atoms with E-state index < -0.39 is 11.1 Å². The fraction of sp³-hybridized carbons (Fsp3) is 0.125. The van der Waals surface area contributed by atoms with Gasteiger partial charge in [-0.2, -0.15) is 0 Å². The summed E-state index contributed by atoms with van der Waals surface area (Å²) in [6, 6.07) is 11.7. The molecule has 0 spiro atoms. The molecular formula is C16H13NO6. The number of Topliss-reactive ketones (excluding diaryl/α,β-unsaturated/α-hetero) is 1. The zero-order valence-electron chi connectivity index (χ0n) is 12.2. The Morgan fingerprint density at radius 2 is 1.65 bits per heavy atom. The molecule has 0 amide bonds. The number of benzene rings is 2. The molecule has 2 rings (SSSR count). The lowest BCUT2D eigenvalue weighted by molar-refractivity contribution is -0.384. The van der Waals surface area contributed by atoms with Crippen LogP contribution in [0, 0.1) is 10.1 Å². The van der Waals surface area contributed by atoms with Gasteiger partial charge >= 0.3 is 6.16 Å². The number of rotatable bonds is 5. The van der Waals surface area contributed by atoms with E-state index in [4.69, 9.17) is 9.47 Å². The Balaban J connectivity index is 1.87. The summed E-state index contributed by atoms with van der Waals surface area (Å²) in [5.74, 6) is 0.0996. The third-order valence-corrected chi connectivity index (χ3v) is 2.97. The molecule has 0 radical (unpaired) electrons. The molecule has 2 aromatic carbocycles. The van der Waals surface area contributed by atoms with Gasteiger partial charge in [0.2, 0.25) is 0 Å². The molecule has 0 heterocycles. The molecule has 118 valence electrons. The molecule has 0 saturated carbocycles. The standard InChI is InChI=1S/C16H13NO6/c1-11(18)13-4-2-12(3-5-13)10-22-16(19)23-15-8-6-14(7-9-15)17(20)21/h2-9H,10H2,1H3. The van der Waals surface area contributed by atoms with Crippen LogP contribution < -0.4 is 4.74 Å². The molecule has 0 aliphatic heterocycles. The fourth-order valence-electron chi connectivity index (χ4n) is 1.74. The number of non-ortho nitro benzene ring substituents is 1.